The van der Waals surface area contributed by atoms with Gasteiger partial charge in [-0.2, -0.15) is 5.10 Å². The smallest absolute Gasteiger partial charge is 0.138 e. The van der Waals surface area contributed by atoms with E-state index in [4.69, 9.17) is 18.0 Å². The quantitative estimate of drug-likeness (QED) is 0.711. The SMILES string of the molecule is NC(=S)c1ccc(-n2cncn2)c2ccccc12. The number of nitrogens with zero attached hydrogens (tertiary/aromatic N) is 3. The van der Waals surface area contributed by atoms with Crippen LogP contribution in [0.25, 0.3) is 16.5 Å². The zero-order valence-corrected chi connectivity index (χ0v) is 10.3. The van der Waals surface area contributed by atoms with E-state index in [9.17, 15) is 0 Å². The fourth-order valence-corrected chi connectivity index (χ4v) is 2.21. The van der Waals surface area contributed by atoms with E-state index in [1.54, 1.807) is 11.0 Å². The second kappa shape index (κ2) is 4.19. The van der Waals surface area contributed by atoms with Gasteiger partial charge in [-0.25, -0.2) is 9.67 Å². The summed E-state index contributed by atoms with van der Waals surface area (Å²) in [6.45, 7) is 0. The monoisotopic (exact) mass is 254 g/mol. The van der Waals surface area contributed by atoms with Gasteiger partial charge in [-0.1, -0.05) is 36.5 Å². The van der Waals surface area contributed by atoms with Crippen LogP contribution in [0.4, 0.5) is 0 Å². The molecule has 88 valence electrons. The minimum Gasteiger partial charge on any atom is -0.389 e. The van der Waals surface area contributed by atoms with Gasteiger partial charge in [0.05, 0.1) is 5.69 Å². The molecule has 2 N–H and O–H groups in total. The van der Waals surface area contributed by atoms with Crippen molar-refractivity contribution in [1.82, 2.24) is 14.8 Å². The molecule has 5 heteroatoms. The Morgan fingerprint density at radius 1 is 1.11 bits per heavy atom. The maximum Gasteiger partial charge on any atom is 0.138 e. The summed E-state index contributed by atoms with van der Waals surface area (Å²) >= 11 is 5.08. The number of hydrogen-bond acceptors (Lipinski definition) is 3. The van der Waals surface area contributed by atoms with Crippen LogP contribution in [0.15, 0.2) is 49.1 Å². The zero-order valence-electron chi connectivity index (χ0n) is 9.45. The summed E-state index contributed by atoms with van der Waals surface area (Å²) < 4.78 is 1.73. The second-order valence-corrected chi connectivity index (χ2v) is 4.32. The van der Waals surface area contributed by atoms with Gasteiger partial charge < -0.3 is 5.73 Å². The zero-order chi connectivity index (χ0) is 12.5. The first kappa shape index (κ1) is 10.9. The van der Waals surface area contributed by atoms with Gasteiger partial charge in [0.1, 0.15) is 17.6 Å². The third-order valence-corrected chi connectivity index (χ3v) is 3.05. The number of aromatic nitrogens is 3. The first-order valence-corrected chi connectivity index (χ1v) is 5.85. The van der Waals surface area contributed by atoms with E-state index in [0.717, 1.165) is 22.0 Å². The van der Waals surface area contributed by atoms with Crippen molar-refractivity contribution in [2.45, 2.75) is 0 Å². The van der Waals surface area contributed by atoms with Crippen molar-refractivity contribution in [3.05, 3.63) is 54.6 Å². The highest BCUT2D eigenvalue weighted by Crippen LogP contribution is 2.25. The number of thiocarbonyl (C=S) groups is 1. The van der Waals surface area contributed by atoms with Crippen LogP contribution >= 0.6 is 12.2 Å². The molecule has 18 heavy (non-hydrogen) atoms. The Morgan fingerprint density at radius 3 is 2.56 bits per heavy atom. The highest BCUT2D eigenvalue weighted by atomic mass is 32.1. The number of fused-ring (bicyclic) bond motifs is 1. The van der Waals surface area contributed by atoms with Gasteiger partial charge in [0, 0.05) is 10.9 Å². The Labute approximate surface area is 109 Å². The molecule has 3 aromatic rings. The summed E-state index contributed by atoms with van der Waals surface area (Å²) in [5, 5.41) is 6.23. The molecule has 0 aliphatic rings. The highest BCUT2D eigenvalue weighted by molar-refractivity contribution is 7.80. The largest absolute Gasteiger partial charge is 0.389 e. The topological polar surface area (TPSA) is 56.7 Å². The molecule has 3 rings (SSSR count). The Kier molecular flexibility index (Phi) is 2.53. The molecule has 0 saturated heterocycles. The predicted molar refractivity (Wildman–Crippen MR) is 74.8 cm³/mol. The maximum atomic E-state index is 5.75. The predicted octanol–water partition coefficient (Wildman–Crippen LogP) is 2.05. The van der Waals surface area contributed by atoms with E-state index >= 15 is 0 Å². The van der Waals surface area contributed by atoms with Crippen LogP contribution in [0.2, 0.25) is 0 Å². The Hall–Kier alpha value is -2.27. The van der Waals surface area contributed by atoms with Crippen LogP contribution in [-0.4, -0.2) is 19.8 Å². The van der Waals surface area contributed by atoms with Gasteiger partial charge >= 0.3 is 0 Å². The minimum atomic E-state index is 0.399. The molecule has 0 atom stereocenters. The highest BCUT2D eigenvalue weighted by Gasteiger charge is 2.08. The molecule has 0 aliphatic carbocycles. The van der Waals surface area contributed by atoms with Crippen LogP contribution in [0.1, 0.15) is 5.56 Å². The van der Waals surface area contributed by atoms with E-state index in [0.29, 0.717) is 4.99 Å². The van der Waals surface area contributed by atoms with E-state index < -0.39 is 0 Å². The normalized spacial score (nSPS) is 10.7. The number of benzene rings is 2. The standard InChI is InChI=1S/C13H10N4S/c14-13(18)11-5-6-12(17-8-15-7-16-17)10-4-2-1-3-9(10)11/h1-8H,(H2,14,18). The molecule has 0 bridgehead atoms. The molecule has 0 spiro atoms. The molecule has 0 aliphatic heterocycles. The van der Waals surface area contributed by atoms with E-state index in [1.165, 1.54) is 6.33 Å². The lowest BCUT2D eigenvalue weighted by molar-refractivity contribution is 0.886. The molecule has 4 nitrogen and oxygen atoms in total. The molecule has 1 aromatic heterocycles. The van der Waals surface area contributed by atoms with E-state index in [1.807, 2.05) is 36.4 Å². The van der Waals surface area contributed by atoms with E-state index in [2.05, 4.69) is 10.1 Å². The van der Waals surface area contributed by atoms with Gasteiger partial charge in [-0.05, 0) is 17.5 Å². The van der Waals surface area contributed by atoms with Crippen molar-refractivity contribution < 1.29 is 0 Å². The summed E-state index contributed by atoms with van der Waals surface area (Å²) in [6, 6.07) is 11.8. The van der Waals surface area contributed by atoms with Crippen molar-refractivity contribution in [1.29, 1.82) is 0 Å². The van der Waals surface area contributed by atoms with Crippen molar-refractivity contribution in [3.63, 3.8) is 0 Å². The molecular weight excluding hydrogens is 244 g/mol. The molecule has 2 aromatic carbocycles. The third kappa shape index (κ3) is 1.65. The van der Waals surface area contributed by atoms with Crippen molar-refractivity contribution in [3.8, 4) is 5.69 Å². The summed E-state index contributed by atoms with van der Waals surface area (Å²) in [4.78, 5) is 4.36. The van der Waals surface area contributed by atoms with Crippen LogP contribution < -0.4 is 5.73 Å². The average Bonchev–Trinajstić information content (AvgIpc) is 2.91. The average molecular weight is 254 g/mol. The van der Waals surface area contributed by atoms with Crippen molar-refractivity contribution in [2.24, 2.45) is 5.73 Å². The molecule has 0 unspecified atom stereocenters. The Morgan fingerprint density at radius 2 is 1.89 bits per heavy atom. The Bertz CT molecular complexity index is 719. The fourth-order valence-electron chi connectivity index (χ4n) is 2.03. The van der Waals surface area contributed by atoms with Gasteiger partial charge in [-0.15, -0.1) is 0 Å². The van der Waals surface area contributed by atoms with E-state index in [-0.39, 0.29) is 0 Å². The molecular formula is C13H10N4S. The van der Waals surface area contributed by atoms with Crippen LogP contribution in [-0.2, 0) is 0 Å². The molecule has 0 amide bonds. The Balaban J connectivity index is 2.37. The first-order valence-electron chi connectivity index (χ1n) is 5.44. The summed E-state index contributed by atoms with van der Waals surface area (Å²) in [6.07, 6.45) is 3.18. The number of hydrogen-bond donors (Lipinski definition) is 1. The molecule has 0 radical (unpaired) electrons. The summed E-state index contributed by atoms with van der Waals surface area (Å²) in [5.41, 5.74) is 7.59. The third-order valence-electron chi connectivity index (χ3n) is 2.83. The van der Waals surface area contributed by atoms with Gasteiger partial charge in [0.15, 0.2) is 0 Å². The van der Waals surface area contributed by atoms with Gasteiger partial charge in [-0.3, -0.25) is 0 Å². The first-order chi connectivity index (χ1) is 8.77. The van der Waals surface area contributed by atoms with Crippen molar-refractivity contribution in [2.75, 3.05) is 0 Å². The lowest BCUT2D eigenvalue weighted by atomic mass is 10.0. The lowest BCUT2D eigenvalue weighted by Crippen LogP contribution is -2.10. The molecule has 1 heterocycles. The summed E-state index contributed by atoms with van der Waals surface area (Å²) in [5.74, 6) is 0. The van der Waals surface area contributed by atoms with Gasteiger partial charge in [0.25, 0.3) is 0 Å². The minimum absolute atomic E-state index is 0.399. The molecule has 0 saturated carbocycles. The lowest BCUT2D eigenvalue weighted by Gasteiger charge is -2.09. The van der Waals surface area contributed by atoms with Gasteiger partial charge in [0.2, 0.25) is 0 Å². The van der Waals surface area contributed by atoms with Crippen molar-refractivity contribution >= 4 is 28.0 Å². The van der Waals surface area contributed by atoms with Crippen LogP contribution in [0.3, 0.4) is 0 Å². The van der Waals surface area contributed by atoms with Crippen LogP contribution in [0.5, 0.6) is 0 Å². The van der Waals surface area contributed by atoms with Crippen LogP contribution in [0, 0.1) is 0 Å². The molecule has 0 fully saturated rings. The second-order valence-electron chi connectivity index (χ2n) is 3.88. The number of rotatable bonds is 2. The summed E-state index contributed by atoms with van der Waals surface area (Å²) in [7, 11) is 0. The number of nitrogens with two attached hydrogens (primary N) is 1. The fraction of sp³-hybridized carbons (Fsp3) is 0. The maximum absolute atomic E-state index is 5.75.